The Hall–Kier alpha value is -0.880. The fourth-order valence-electron chi connectivity index (χ4n) is 4.22. The fourth-order valence-corrected chi connectivity index (χ4v) is 9.18. The van der Waals surface area contributed by atoms with Gasteiger partial charge in [-0.15, -0.1) is 0 Å². The lowest BCUT2D eigenvalue weighted by Gasteiger charge is -2.29. The summed E-state index contributed by atoms with van der Waals surface area (Å²) in [5, 5.41) is 3.28. The van der Waals surface area contributed by atoms with Gasteiger partial charge in [0.25, 0.3) is 5.91 Å². The highest BCUT2D eigenvalue weighted by atomic mass is 31.2. The van der Waals surface area contributed by atoms with Crippen LogP contribution >= 0.6 is 7.26 Å². The molecule has 0 bridgehead atoms. The minimum absolute atomic E-state index is 0.250. The lowest BCUT2D eigenvalue weighted by molar-refractivity contribution is -0.115. The molecule has 1 aliphatic rings. The maximum absolute atomic E-state index is 13.0. The molecule has 122 valence electrons. The minimum atomic E-state index is -1.08. The van der Waals surface area contributed by atoms with E-state index in [1.807, 2.05) is 0 Å². The second-order valence-corrected chi connectivity index (χ2v) is 11.5. The highest BCUT2D eigenvalue weighted by molar-refractivity contribution is 7.77. The summed E-state index contributed by atoms with van der Waals surface area (Å²) in [5.74, 6) is 0.273. The number of nitrogens with one attached hydrogen (secondary N) is 1. The molecule has 1 aliphatic heterocycles. The van der Waals surface area contributed by atoms with Gasteiger partial charge < -0.3 is 5.32 Å². The largest absolute Gasteiger partial charge is 0.322 e. The first-order valence-corrected chi connectivity index (χ1v) is 11.1. The van der Waals surface area contributed by atoms with Gasteiger partial charge in [0, 0.05) is 12.9 Å². The molecule has 0 spiro atoms. The first-order chi connectivity index (χ1) is 10.4. The summed E-state index contributed by atoms with van der Waals surface area (Å²) in [6.07, 6.45) is 7.51. The van der Waals surface area contributed by atoms with Crippen molar-refractivity contribution in [3.05, 3.63) is 28.8 Å². The molecule has 22 heavy (non-hydrogen) atoms. The molecule has 0 aliphatic carbocycles. The van der Waals surface area contributed by atoms with E-state index in [0.29, 0.717) is 0 Å². The SMILES string of the molecule is CCC(C(=O)Nc1c(C)cc(C)cc1C)[P+]1(CC)CCCC1. The summed E-state index contributed by atoms with van der Waals surface area (Å²) in [4.78, 5) is 13.0. The summed E-state index contributed by atoms with van der Waals surface area (Å²) in [6.45, 7) is 10.8. The van der Waals surface area contributed by atoms with E-state index in [4.69, 9.17) is 0 Å². The van der Waals surface area contributed by atoms with Crippen molar-refractivity contribution in [3.8, 4) is 0 Å². The molecule has 1 saturated heterocycles. The van der Waals surface area contributed by atoms with E-state index >= 15 is 0 Å². The van der Waals surface area contributed by atoms with Gasteiger partial charge in [-0.05, 0) is 58.1 Å². The summed E-state index contributed by atoms with van der Waals surface area (Å²) < 4.78 is 0. The van der Waals surface area contributed by atoms with Gasteiger partial charge >= 0.3 is 0 Å². The molecule has 1 aromatic rings. The summed E-state index contributed by atoms with van der Waals surface area (Å²) in [7, 11) is -1.08. The van der Waals surface area contributed by atoms with Crippen LogP contribution in [0.3, 0.4) is 0 Å². The molecule has 0 radical (unpaired) electrons. The number of hydrogen-bond acceptors (Lipinski definition) is 1. The molecule has 3 heteroatoms. The number of carbonyl (C=O) groups excluding carboxylic acids is 1. The maximum atomic E-state index is 13.0. The number of benzene rings is 1. The number of aryl methyl sites for hydroxylation is 3. The standard InChI is InChI=1S/C19H30NOP/c1-6-17(22(7-2)10-8-9-11-22)19(21)20-18-15(4)12-14(3)13-16(18)5/h12-13,17H,6-11H2,1-5H3/p+1. The van der Waals surface area contributed by atoms with Crippen LogP contribution in [0.1, 0.15) is 49.8 Å². The molecule has 1 N–H and O–H groups in total. The molecule has 1 atom stereocenters. The van der Waals surface area contributed by atoms with E-state index in [0.717, 1.165) is 12.1 Å². The van der Waals surface area contributed by atoms with Crippen LogP contribution in [0.25, 0.3) is 0 Å². The van der Waals surface area contributed by atoms with Gasteiger partial charge in [-0.1, -0.05) is 24.6 Å². The van der Waals surface area contributed by atoms with Crippen molar-refractivity contribution in [2.24, 2.45) is 0 Å². The average molecular weight is 320 g/mol. The molecular weight excluding hydrogens is 289 g/mol. The predicted octanol–water partition coefficient (Wildman–Crippen LogP) is 5.16. The molecule has 2 nitrogen and oxygen atoms in total. The van der Waals surface area contributed by atoms with Crippen molar-refractivity contribution in [3.63, 3.8) is 0 Å². The van der Waals surface area contributed by atoms with E-state index in [9.17, 15) is 4.79 Å². The fraction of sp³-hybridized carbons (Fsp3) is 0.632. The number of hydrogen-bond donors (Lipinski definition) is 1. The highest BCUT2D eigenvalue weighted by Crippen LogP contribution is 2.68. The third-order valence-corrected chi connectivity index (χ3v) is 11.0. The van der Waals surface area contributed by atoms with E-state index < -0.39 is 7.26 Å². The number of anilines is 1. The van der Waals surface area contributed by atoms with Gasteiger partial charge in [0.15, 0.2) is 0 Å². The van der Waals surface area contributed by atoms with E-state index in [1.54, 1.807) is 0 Å². The molecular formula is C19H31NOP+. The number of amides is 1. The van der Waals surface area contributed by atoms with Crippen molar-refractivity contribution in [2.45, 2.75) is 59.5 Å². The minimum Gasteiger partial charge on any atom is -0.322 e. The van der Waals surface area contributed by atoms with Gasteiger partial charge in [-0.25, -0.2) is 0 Å². The summed E-state index contributed by atoms with van der Waals surface area (Å²) in [5.41, 5.74) is 4.89. The van der Waals surface area contributed by atoms with Gasteiger partial charge in [0.1, 0.15) is 5.66 Å². The van der Waals surface area contributed by atoms with Crippen LogP contribution < -0.4 is 5.32 Å². The van der Waals surface area contributed by atoms with Crippen LogP contribution in [0.5, 0.6) is 0 Å². The highest BCUT2D eigenvalue weighted by Gasteiger charge is 2.49. The second-order valence-electron chi connectivity index (χ2n) is 6.88. The first kappa shape index (κ1) is 17.5. The lowest BCUT2D eigenvalue weighted by atomic mass is 10.0. The zero-order valence-corrected chi connectivity index (χ0v) is 15.7. The molecule has 1 unspecified atom stereocenters. The Morgan fingerprint density at radius 1 is 1.14 bits per heavy atom. The topological polar surface area (TPSA) is 29.1 Å². The first-order valence-electron chi connectivity index (χ1n) is 8.68. The van der Waals surface area contributed by atoms with Crippen molar-refractivity contribution in [1.82, 2.24) is 0 Å². The van der Waals surface area contributed by atoms with E-state index in [1.165, 1.54) is 48.0 Å². The van der Waals surface area contributed by atoms with Gasteiger partial charge in [-0.3, -0.25) is 4.79 Å². The zero-order valence-electron chi connectivity index (χ0n) is 14.8. The lowest BCUT2D eigenvalue weighted by Crippen LogP contribution is -2.32. The quantitative estimate of drug-likeness (QED) is 0.746. The van der Waals surface area contributed by atoms with Crippen molar-refractivity contribution < 1.29 is 4.79 Å². The van der Waals surface area contributed by atoms with Crippen LogP contribution in [-0.4, -0.2) is 30.1 Å². The monoisotopic (exact) mass is 320 g/mol. The Kier molecular flexibility index (Phi) is 5.66. The van der Waals surface area contributed by atoms with Crippen LogP contribution in [-0.2, 0) is 4.79 Å². The third-order valence-electron chi connectivity index (χ3n) is 5.36. The number of carbonyl (C=O) groups is 1. The van der Waals surface area contributed by atoms with Crippen molar-refractivity contribution >= 4 is 18.9 Å². The smallest absolute Gasteiger partial charge is 0.265 e. The second kappa shape index (κ2) is 7.13. The van der Waals surface area contributed by atoms with Crippen LogP contribution in [0.2, 0.25) is 0 Å². The molecule has 2 rings (SSSR count). The van der Waals surface area contributed by atoms with Crippen molar-refractivity contribution in [2.75, 3.05) is 23.8 Å². The zero-order chi connectivity index (χ0) is 16.3. The average Bonchev–Trinajstić information content (AvgIpc) is 2.93. The van der Waals surface area contributed by atoms with Crippen molar-refractivity contribution in [1.29, 1.82) is 0 Å². The van der Waals surface area contributed by atoms with Gasteiger partial charge in [0.2, 0.25) is 0 Å². The van der Waals surface area contributed by atoms with Gasteiger partial charge in [-0.2, -0.15) is 0 Å². The molecule has 1 aromatic carbocycles. The Morgan fingerprint density at radius 2 is 1.68 bits per heavy atom. The van der Waals surface area contributed by atoms with Crippen LogP contribution in [0.15, 0.2) is 12.1 Å². The summed E-state index contributed by atoms with van der Waals surface area (Å²) >= 11 is 0. The molecule has 1 heterocycles. The van der Waals surface area contributed by atoms with Gasteiger partial charge in [0.05, 0.1) is 18.5 Å². The van der Waals surface area contributed by atoms with Crippen LogP contribution in [0, 0.1) is 20.8 Å². The predicted molar refractivity (Wildman–Crippen MR) is 99.8 cm³/mol. The Bertz CT molecular complexity index is 523. The Morgan fingerprint density at radius 3 is 2.14 bits per heavy atom. The van der Waals surface area contributed by atoms with E-state index in [2.05, 4.69) is 52.1 Å². The molecule has 1 fully saturated rings. The van der Waals surface area contributed by atoms with Crippen LogP contribution in [0.4, 0.5) is 5.69 Å². The molecule has 1 amide bonds. The normalized spacial score (nSPS) is 18.2. The molecule has 0 saturated carbocycles. The maximum Gasteiger partial charge on any atom is 0.265 e. The number of rotatable bonds is 5. The molecule has 0 aromatic heterocycles. The summed E-state index contributed by atoms with van der Waals surface area (Å²) in [6, 6.07) is 4.31. The Balaban J connectivity index is 2.23. The van der Waals surface area contributed by atoms with E-state index in [-0.39, 0.29) is 11.6 Å². The Labute approximate surface area is 136 Å². The third kappa shape index (κ3) is 3.38.